The summed E-state index contributed by atoms with van der Waals surface area (Å²) in [7, 11) is 0. The molecule has 0 unspecified atom stereocenters. The van der Waals surface area contributed by atoms with Crippen molar-refractivity contribution in [1.29, 1.82) is 0 Å². The first-order valence-electron chi connectivity index (χ1n) is 8.00. The first-order chi connectivity index (χ1) is 12.5. The molecule has 6 heteroatoms. The standard InChI is InChI=1S/C20H16Cl2N2O2/c21-17-9-8-15(11-18(17)22)13-24-10-4-7-16(20(24)26)19(25)23-12-14-5-2-1-3-6-14/h1-11H,12-13H2,(H,23,25). The number of carbonyl (C=O) groups excluding carboxylic acids is 1. The number of benzene rings is 2. The van der Waals surface area contributed by atoms with Crippen molar-refractivity contribution < 1.29 is 4.79 Å². The van der Waals surface area contributed by atoms with E-state index in [0.29, 0.717) is 23.1 Å². The lowest BCUT2D eigenvalue weighted by atomic mass is 10.2. The number of carbonyl (C=O) groups is 1. The molecule has 0 saturated heterocycles. The minimum absolute atomic E-state index is 0.100. The van der Waals surface area contributed by atoms with Crippen molar-refractivity contribution >= 4 is 29.1 Å². The Morgan fingerprint density at radius 1 is 0.923 bits per heavy atom. The molecule has 0 aliphatic heterocycles. The van der Waals surface area contributed by atoms with Crippen molar-refractivity contribution in [3.8, 4) is 0 Å². The predicted molar refractivity (Wildman–Crippen MR) is 104 cm³/mol. The summed E-state index contributed by atoms with van der Waals surface area (Å²) in [5, 5.41) is 3.65. The van der Waals surface area contributed by atoms with Gasteiger partial charge in [0.1, 0.15) is 5.56 Å². The van der Waals surface area contributed by atoms with Crippen LogP contribution in [-0.4, -0.2) is 10.5 Å². The van der Waals surface area contributed by atoms with Crippen molar-refractivity contribution in [3.05, 3.63) is 104 Å². The Hall–Kier alpha value is -2.56. The molecule has 1 amide bonds. The third-order valence-electron chi connectivity index (χ3n) is 3.90. The van der Waals surface area contributed by atoms with Crippen molar-refractivity contribution in [2.24, 2.45) is 0 Å². The number of aromatic nitrogens is 1. The maximum Gasteiger partial charge on any atom is 0.263 e. The Bertz CT molecular complexity index is 985. The molecule has 0 spiro atoms. The van der Waals surface area contributed by atoms with E-state index < -0.39 is 5.91 Å². The van der Waals surface area contributed by atoms with Gasteiger partial charge < -0.3 is 9.88 Å². The highest BCUT2D eigenvalue weighted by molar-refractivity contribution is 6.42. The number of hydrogen-bond acceptors (Lipinski definition) is 2. The third-order valence-corrected chi connectivity index (χ3v) is 4.64. The van der Waals surface area contributed by atoms with Gasteiger partial charge in [-0.1, -0.05) is 59.6 Å². The minimum Gasteiger partial charge on any atom is -0.348 e. The molecule has 0 atom stereocenters. The number of halogens is 2. The quantitative estimate of drug-likeness (QED) is 0.716. The largest absolute Gasteiger partial charge is 0.348 e. The Kier molecular flexibility index (Phi) is 5.76. The monoisotopic (exact) mass is 386 g/mol. The molecule has 0 radical (unpaired) electrons. The molecule has 0 aliphatic rings. The van der Waals surface area contributed by atoms with Crippen LogP contribution in [0, 0.1) is 0 Å². The molecule has 1 heterocycles. The average Bonchev–Trinajstić information content (AvgIpc) is 2.65. The second-order valence-corrected chi connectivity index (χ2v) is 6.59. The van der Waals surface area contributed by atoms with Crippen molar-refractivity contribution in [1.82, 2.24) is 9.88 Å². The highest BCUT2D eigenvalue weighted by atomic mass is 35.5. The molecule has 4 nitrogen and oxygen atoms in total. The first-order valence-corrected chi connectivity index (χ1v) is 8.75. The zero-order valence-corrected chi connectivity index (χ0v) is 15.3. The van der Waals surface area contributed by atoms with Crippen LogP contribution >= 0.6 is 23.2 Å². The van der Waals surface area contributed by atoms with Crippen LogP contribution in [0.5, 0.6) is 0 Å². The minimum atomic E-state index is -0.401. The highest BCUT2D eigenvalue weighted by Crippen LogP contribution is 2.22. The molecular formula is C20H16Cl2N2O2. The van der Waals surface area contributed by atoms with Gasteiger partial charge in [0.05, 0.1) is 16.6 Å². The molecule has 132 valence electrons. The average molecular weight is 387 g/mol. The molecule has 0 bridgehead atoms. The van der Waals surface area contributed by atoms with Gasteiger partial charge >= 0.3 is 0 Å². The summed E-state index contributed by atoms with van der Waals surface area (Å²) in [6, 6.07) is 17.9. The summed E-state index contributed by atoms with van der Waals surface area (Å²) in [4.78, 5) is 25.0. The number of nitrogens with one attached hydrogen (secondary N) is 1. The summed E-state index contributed by atoms with van der Waals surface area (Å²) in [5.74, 6) is -0.401. The molecule has 0 fully saturated rings. The third kappa shape index (κ3) is 4.34. The second kappa shape index (κ2) is 8.21. The second-order valence-electron chi connectivity index (χ2n) is 5.77. The number of pyridine rings is 1. The van der Waals surface area contributed by atoms with E-state index >= 15 is 0 Å². The van der Waals surface area contributed by atoms with E-state index in [1.54, 1.807) is 30.5 Å². The van der Waals surface area contributed by atoms with Gasteiger partial charge in [0, 0.05) is 12.7 Å². The molecule has 1 aromatic heterocycles. The Balaban J connectivity index is 1.77. The summed E-state index contributed by atoms with van der Waals surface area (Å²) in [5.41, 5.74) is 1.53. The molecular weight excluding hydrogens is 371 g/mol. The highest BCUT2D eigenvalue weighted by Gasteiger charge is 2.12. The van der Waals surface area contributed by atoms with Gasteiger partial charge in [0.15, 0.2) is 0 Å². The van der Waals surface area contributed by atoms with Crippen LogP contribution in [-0.2, 0) is 13.1 Å². The van der Waals surface area contributed by atoms with Crippen molar-refractivity contribution in [2.75, 3.05) is 0 Å². The van der Waals surface area contributed by atoms with Gasteiger partial charge in [-0.3, -0.25) is 9.59 Å². The fraction of sp³-hybridized carbons (Fsp3) is 0.100. The van der Waals surface area contributed by atoms with E-state index in [1.165, 1.54) is 10.6 Å². The van der Waals surface area contributed by atoms with Gasteiger partial charge in [0.2, 0.25) is 0 Å². The number of amides is 1. The van der Waals surface area contributed by atoms with Gasteiger partial charge in [-0.15, -0.1) is 0 Å². The molecule has 26 heavy (non-hydrogen) atoms. The van der Waals surface area contributed by atoms with Crippen LogP contribution in [0.3, 0.4) is 0 Å². The lowest BCUT2D eigenvalue weighted by Gasteiger charge is -2.10. The van der Waals surface area contributed by atoms with E-state index in [4.69, 9.17) is 23.2 Å². The van der Waals surface area contributed by atoms with Crippen LogP contribution in [0.2, 0.25) is 10.0 Å². The molecule has 1 N–H and O–H groups in total. The predicted octanol–water partition coefficient (Wildman–Crippen LogP) is 4.13. The van der Waals surface area contributed by atoms with Gasteiger partial charge in [-0.25, -0.2) is 0 Å². The van der Waals surface area contributed by atoms with Crippen LogP contribution < -0.4 is 10.9 Å². The summed E-state index contributed by atoms with van der Waals surface area (Å²) < 4.78 is 1.47. The molecule has 0 saturated carbocycles. The topological polar surface area (TPSA) is 51.1 Å². The lowest BCUT2D eigenvalue weighted by molar-refractivity contribution is 0.0949. The fourth-order valence-electron chi connectivity index (χ4n) is 2.54. The maximum atomic E-state index is 12.6. The fourth-order valence-corrected chi connectivity index (χ4v) is 2.86. The van der Waals surface area contributed by atoms with Crippen molar-refractivity contribution in [2.45, 2.75) is 13.1 Å². The smallest absolute Gasteiger partial charge is 0.263 e. The van der Waals surface area contributed by atoms with E-state index in [9.17, 15) is 9.59 Å². The zero-order chi connectivity index (χ0) is 18.5. The molecule has 0 aliphatic carbocycles. The number of hydrogen-bond donors (Lipinski definition) is 1. The van der Waals surface area contributed by atoms with Crippen LogP contribution in [0.25, 0.3) is 0 Å². The summed E-state index contributed by atoms with van der Waals surface area (Å²) in [6.07, 6.45) is 1.64. The van der Waals surface area contributed by atoms with E-state index in [2.05, 4.69) is 5.32 Å². The SMILES string of the molecule is O=C(NCc1ccccc1)c1cccn(Cc2ccc(Cl)c(Cl)c2)c1=O. The van der Waals surface area contributed by atoms with Crippen LogP contribution in [0.4, 0.5) is 0 Å². The van der Waals surface area contributed by atoms with E-state index in [0.717, 1.165) is 11.1 Å². The Morgan fingerprint density at radius 3 is 2.42 bits per heavy atom. The molecule has 3 rings (SSSR count). The van der Waals surface area contributed by atoms with Gasteiger partial charge in [0.25, 0.3) is 11.5 Å². The molecule has 3 aromatic rings. The van der Waals surface area contributed by atoms with Crippen LogP contribution in [0.15, 0.2) is 71.7 Å². The first kappa shape index (κ1) is 18.2. The summed E-state index contributed by atoms with van der Waals surface area (Å²) in [6.45, 7) is 0.663. The normalized spacial score (nSPS) is 10.5. The lowest BCUT2D eigenvalue weighted by Crippen LogP contribution is -2.32. The van der Waals surface area contributed by atoms with Gasteiger partial charge in [-0.05, 0) is 35.4 Å². The summed E-state index contributed by atoms with van der Waals surface area (Å²) >= 11 is 11.9. The molecule has 2 aromatic carbocycles. The van der Waals surface area contributed by atoms with E-state index in [-0.39, 0.29) is 11.1 Å². The number of rotatable bonds is 5. The van der Waals surface area contributed by atoms with E-state index in [1.807, 2.05) is 30.3 Å². The maximum absolute atomic E-state index is 12.6. The Morgan fingerprint density at radius 2 is 1.69 bits per heavy atom. The Labute approximate surface area is 161 Å². The van der Waals surface area contributed by atoms with Crippen molar-refractivity contribution in [3.63, 3.8) is 0 Å². The number of nitrogens with zero attached hydrogens (tertiary/aromatic N) is 1. The van der Waals surface area contributed by atoms with Crippen LogP contribution in [0.1, 0.15) is 21.5 Å². The zero-order valence-electron chi connectivity index (χ0n) is 13.8. The van der Waals surface area contributed by atoms with Gasteiger partial charge in [-0.2, -0.15) is 0 Å².